The van der Waals surface area contributed by atoms with Gasteiger partial charge in [-0.05, 0) is 18.9 Å². The first kappa shape index (κ1) is 14.4. The molecule has 2 amide bonds. The molecule has 1 aliphatic heterocycles. The second kappa shape index (κ2) is 5.98. The van der Waals surface area contributed by atoms with Crippen LogP contribution in [0.15, 0.2) is 6.07 Å². The van der Waals surface area contributed by atoms with E-state index in [0.29, 0.717) is 15.2 Å². The number of nitrogens with zero attached hydrogens (tertiary/aromatic N) is 1. The number of halogens is 2. The van der Waals surface area contributed by atoms with Gasteiger partial charge >= 0.3 is 12.0 Å². The third-order valence-electron chi connectivity index (χ3n) is 2.94. The van der Waals surface area contributed by atoms with Crippen LogP contribution in [-0.2, 0) is 4.74 Å². The van der Waals surface area contributed by atoms with Gasteiger partial charge in [-0.25, -0.2) is 9.59 Å². The normalized spacial score (nSPS) is 18.6. The van der Waals surface area contributed by atoms with Crippen LogP contribution in [0.1, 0.15) is 23.2 Å². The zero-order valence-corrected chi connectivity index (χ0v) is 12.2. The molecule has 1 atom stereocenters. The maximum absolute atomic E-state index is 11.8. The topological polar surface area (TPSA) is 72.6 Å². The van der Waals surface area contributed by atoms with E-state index in [1.165, 1.54) is 11.0 Å². The van der Waals surface area contributed by atoms with Gasteiger partial charge in [-0.1, -0.05) is 23.2 Å². The van der Waals surface area contributed by atoms with Gasteiger partial charge in [-0.2, -0.15) is 0 Å². The molecule has 2 heterocycles. The summed E-state index contributed by atoms with van der Waals surface area (Å²) in [5.41, 5.74) is 5.49. The summed E-state index contributed by atoms with van der Waals surface area (Å²) >= 11 is 12.7. The molecule has 1 aromatic rings. The number of hydrogen-bond donors (Lipinski definition) is 1. The Morgan fingerprint density at radius 2 is 2.26 bits per heavy atom. The second-order valence-corrected chi connectivity index (χ2v) is 6.45. The van der Waals surface area contributed by atoms with Gasteiger partial charge in [0, 0.05) is 6.54 Å². The Kier molecular flexibility index (Phi) is 4.54. The Morgan fingerprint density at radius 3 is 2.84 bits per heavy atom. The molecule has 1 aliphatic rings. The summed E-state index contributed by atoms with van der Waals surface area (Å²) in [7, 11) is 0. The number of thiophene rings is 1. The molecule has 2 rings (SSSR count). The highest BCUT2D eigenvalue weighted by atomic mass is 35.5. The fourth-order valence-electron chi connectivity index (χ4n) is 2.03. The molecule has 5 nitrogen and oxygen atoms in total. The Balaban J connectivity index is 1.94. The third-order valence-corrected chi connectivity index (χ3v) is 4.43. The van der Waals surface area contributed by atoms with Gasteiger partial charge in [0.15, 0.2) is 0 Å². The van der Waals surface area contributed by atoms with Crippen LogP contribution < -0.4 is 5.73 Å². The first-order valence-electron chi connectivity index (χ1n) is 5.67. The van der Waals surface area contributed by atoms with Crippen molar-refractivity contribution >= 4 is 46.5 Å². The van der Waals surface area contributed by atoms with Crippen molar-refractivity contribution in [2.24, 2.45) is 5.73 Å². The molecule has 0 bridgehead atoms. The third kappa shape index (κ3) is 3.32. The highest BCUT2D eigenvalue weighted by molar-refractivity contribution is 7.20. The van der Waals surface area contributed by atoms with Crippen molar-refractivity contribution in [1.29, 1.82) is 0 Å². The number of carbonyl (C=O) groups is 2. The van der Waals surface area contributed by atoms with E-state index >= 15 is 0 Å². The summed E-state index contributed by atoms with van der Waals surface area (Å²) in [5, 5.41) is 0. The first-order chi connectivity index (χ1) is 8.99. The Bertz CT molecular complexity index is 506. The van der Waals surface area contributed by atoms with Gasteiger partial charge in [0.25, 0.3) is 0 Å². The van der Waals surface area contributed by atoms with Gasteiger partial charge in [0.2, 0.25) is 0 Å². The molecule has 1 fully saturated rings. The van der Waals surface area contributed by atoms with E-state index in [4.69, 9.17) is 33.7 Å². The molecular formula is C11H12Cl2N2O3S. The number of likely N-dealkylation sites (tertiary alicyclic amines) is 1. The van der Waals surface area contributed by atoms with Crippen LogP contribution in [0.2, 0.25) is 8.67 Å². The van der Waals surface area contributed by atoms with Crippen molar-refractivity contribution in [2.45, 2.75) is 18.9 Å². The standard InChI is InChI=1S/C11H12Cl2N2O3S/c12-8-4-7(9(13)19-8)10(16)18-5-6-2-1-3-15(6)11(14)17/h4,6H,1-3,5H2,(H2,14,17). The number of hydrogen-bond acceptors (Lipinski definition) is 4. The van der Waals surface area contributed by atoms with E-state index in [9.17, 15) is 9.59 Å². The summed E-state index contributed by atoms with van der Waals surface area (Å²) in [4.78, 5) is 24.5. The Hall–Kier alpha value is -0.980. The van der Waals surface area contributed by atoms with E-state index in [2.05, 4.69) is 0 Å². The summed E-state index contributed by atoms with van der Waals surface area (Å²) in [6.07, 6.45) is 1.63. The minimum Gasteiger partial charge on any atom is -0.460 e. The number of primary amides is 1. The quantitative estimate of drug-likeness (QED) is 0.869. The molecular weight excluding hydrogens is 311 g/mol. The Labute approximate surface area is 124 Å². The summed E-state index contributed by atoms with van der Waals surface area (Å²) in [6.45, 7) is 0.716. The van der Waals surface area contributed by atoms with Crippen molar-refractivity contribution in [2.75, 3.05) is 13.2 Å². The lowest BCUT2D eigenvalue weighted by molar-refractivity contribution is 0.0423. The lowest BCUT2D eigenvalue weighted by Gasteiger charge is -2.22. The van der Waals surface area contributed by atoms with Crippen molar-refractivity contribution in [1.82, 2.24) is 4.90 Å². The zero-order valence-electron chi connectivity index (χ0n) is 9.90. The maximum Gasteiger partial charge on any atom is 0.340 e. The Morgan fingerprint density at radius 1 is 1.53 bits per heavy atom. The first-order valence-corrected chi connectivity index (χ1v) is 7.24. The second-order valence-electron chi connectivity index (χ2n) is 4.16. The van der Waals surface area contributed by atoms with E-state index in [0.717, 1.165) is 24.2 Å². The molecule has 1 aromatic heterocycles. The van der Waals surface area contributed by atoms with Crippen LogP contribution >= 0.6 is 34.5 Å². The van der Waals surface area contributed by atoms with E-state index in [1.807, 2.05) is 0 Å². The highest BCUT2D eigenvalue weighted by Crippen LogP contribution is 2.31. The van der Waals surface area contributed by atoms with Gasteiger partial charge < -0.3 is 15.4 Å². The van der Waals surface area contributed by atoms with Crippen molar-refractivity contribution < 1.29 is 14.3 Å². The molecule has 0 aliphatic carbocycles. The van der Waals surface area contributed by atoms with Gasteiger partial charge in [-0.3, -0.25) is 0 Å². The number of ether oxygens (including phenoxy) is 1. The number of carbonyl (C=O) groups excluding carboxylic acids is 2. The molecule has 2 N–H and O–H groups in total. The number of nitrogens with two attached hydrogens (primary N) is 1. The van der Waals surface area contributed by atoms with Crippen LogP contribution in [0.4, 0.5) is 4.79 Å². The van der Waals surface area contributed by atoms with Crippen LogP contribution in [0.3, 0.4) is 0 Å². The molecule has 0 aromatic carbocycles. The monoisotopic (exact) mass is 322 g/mol. The number of esters is 1. The van der Waals surface area contributed by atoms with Gasteiger partial charge in [-0.15, -0.1) is 11.3 Å². The SMILES string of the molecule is NC(=O)N1CCCC1COC(=O)c1cc(Cl)sc1Cl. The molecule has 19 heavy (non-hydrogen) atoms. The van der Waals surface area contributed by atoms with Gasteiger partial charge in [0.1, 0.15) is 10.9 Å². The molecule has 0 saturated carbocycles. The predicted molar refractivity (Wildman–Crippen MR) is 73.9 cm³/mol. The molecule has 0 radical (unpaired) electrons. The highest BCUT2D eigenvalue weighted by Gasteiger charge is 2.28. The van der Waals surface area contributed by atoms with E-state index in [-0.39, 0.29) is 18.2 Å². The average Bonchev–Trinajstić information content (AvgIpc) is 2.92. The van der Waals surface area contributed by atoms with Gasteiger partial charge in [0.05, 0.1) is 15.9 Å². The summed E-state index contributed by atoms with van der Waals surface area (Å²) < 4.78 is 5.89. The van der Waals surface area contributed by atoms with Crippen molar-refractivity contribution in [3.8, 4) is 0 Å². The van der Waals surface area contributed by atoms with Crippen LogP contribution in [-0.4, -0.2) is 36.1 Å². The number of amides is 2. The summed E-state index contributed by atoms with van der Waals surface area (Å²) in [5.74, 6) is -0.538. The molecule has 0 spiro atoms. The maximum atomic E-state index is 11.8. The zero-order chi connectivity index (χ0) is 14.0. The lowest BCUT2D eigenvalue weighted by atomic mass is 10.2. The molecule has 104 valence electrons. The minimum atomic E-state index is -0.538. The van der Waals surface area contributed by atoms with Crippen molar-refractivity contribution in [3.05, 3.63) is 20.3 Å². The lowest BCUT2D eigenvalue weighted by Crippen LogP contribution is -2.41. The number of rotatable bonds is 3. The van der Waals surface area contributed by atoms with Crippen molar-refractivity contribution in [3.63, 3.8) is 0 Å². The molecule has 1 unspecified atom stereocenters. The van der Waals surface area contributed by atoms with Crippen LogP contribution in [0.25, 0.3) is 0 Å². The predicted octanol–water partition coefficient (Wildman–Crippen LogP) is 2.75. The largest absolute Gasteiger partial charge is 0.460 e. The minimum absolute atomic E-state index is 0.117. The smallest absolute Gasteiger partial charge is 0.340 e. The molecule has 1 saturated heterocycles. The fraction of sp³-hybridized carbons (Fsp3) is 0.455. The van der Waals surface area contributed by atoms with Crippen LogP contribution in [0.5, 0.6) is 0 Å². The van der Waals surface area contributed by atoms with E-state index < -0.39 is 12.0 Å². The number of urea groups is 1. The van der Waals surface area contributed by atoms with Crippen LogP contribution in [0, 0.1) is 0 Å². The summed E-state index contributed by atoms with van der Waals surface area (Å²) in [6, 6.07) is 0.821. The molecule has 8 heteroatoms. The van der Waals surface area contributed by atoms with E-state index in [1.54, 1.807) is 0 Å². The fourth-order valence-corrected chi connectivity index (χ4v) is 3.47. The average molecular weight is 323 g/mol.